The van der Waals surface area contributed by atoms with Crippen molar-refractivity contribution in [1.29, 1.82) is 0 Å². The van der Waals surface area contributed by atoms with E-state index in [0.29, 0.717) is 11.1 Å². The monoisotopic (exact) mass is 416 g/mol. The Bertz CT molecular complexity index is 1600. The Morgan fingerprint density at radius 2 is 0.969 bits per heavy atom. The Morgan fingerprint density at radius 1 is 0.531 bits per heavy atom. The minimum Gasteiger partial charge on any atom is -0.360 e. The van der Waals surface area contributed by atoms with Crippen LogP contribution in [0.2, 0.25) is 0 Å². The molecule has 0 bridgehead atoms. The van der Waals surface area contributed by atoms with Crippen LogP contribution in [0.15, 0.2) is 105 Å². The van der Waals surface area contributed by atoms with Crippen LogP contribution < -0.4 is 10.9 Å². The number of hydrogen-bond acceptors (Lipinski definition) is 4. The zero-order valence-electron chi connectivity index (χ0n) is 16.8. The Kier molecular flexibility index (Phi) is 3.98. The molecule has 4 aliphatic rings. The maximum absolute atomic E-state index is 13.2. The summed E-state index contributed by atoms with van der Waals surface area (Å²) in [4.78, 5) is 32.7. The third-order valence-electron chi connectivity index (χ3n) is 5.77. The molecule has 0 saturated heterocycles. The molecule has 2 aromatic rings. The van der Waals surface area contributed by atoms with Crippen LogP contribution >= 0.6 is 0 Å². The molecule has 0 radical (unpaired) electrons. The van der Waals surface area contributed by atoms with Crippen LogP contribution in [-0.4, -0.2) is 9.97 Å². The standard InChI is InChI=1S/C26H16N4O2/c31-25-21(11-9-19-23(25)17-7-3-1-5-15(17)13-27-19)29-30-22-12-10-20-24(26(22)32)18-8-4-2-6-16(18)14-28-20/h1-14,27-28H. The van der Waals surface area contributed by atoms with Crippen molar-refractivity contribution in [3.05, 3.63) is 106 Å². The van der Waals surface area contributed by atoms with Gasteiger partial charge in [-0.05, 0) is 45.8 Å². The first kappa shape index (κ1) is 18.2. The number of benzene rings is 4. The molecule has 6 rings (SSSR count). The lowest BCUT2D eigenvalue weighted by atomic mass is 10.0. The van der Waals surface area contributed by atoms with Crippen molar-refractivity contribution in [2.45, 2.75) is 0 Å². The highest BCUT2D eigenvalue weighted by Gasteiger charge is 2.16. The highest BCUT2D eigenvalue weighted by atomic mass is 16.1. The Balaban J connectivity index is 1.53. The quantitative estimate of drug-likeness (QED) is 0.268. The molecule has 2 aliphatic carbocycles. The van der Waals surface area contributed by atoms with Gasteiger partial charge in [-0.2, -0.15) is 0 Å². The normalized spacial score (nSPS) is 11.9. The van der Waals surface area contributed by atoms with E-state index in [2.05, 4.69) is 20.2 Å². The lowest BCUT2D eigenvalue weighted by Gasteiger charge is -2.10. The van der Waals surface area contributed by atoms with Gasteiger partial charge >= 0.3 is 0 Å². The number of fused-ring (bicyclic) bond motifs is 6. The van der Waals surface area contributed by atoms with Crippen molar-refractivity contribution in [3.8, 4) is 22.5 Å². The van der Waals surface area contributed by atoms with Gasteiger partial charge in [-0.15, -0.1) is 10.2 Å². The number of aromatic amines is 2. The van der Waals surface area contributed by atoms with E-state index in [1.807, 2.05) is 60.9 Å². The second kappa shape index (κ2) is 6.99. The fraction of sp³-hybridized carbons (Fsp3) is 0. The molecule has 0 saturated carbocycles. The zero-order chi connectivity index (χ0) is 21.7. The van der Waals surface area contributed by atoms with E-state index < -0.39 is 0 Å². The average Bonchev–Trinajstić information content (AvgIpc) is 2.84. The van der Waals surface area contributed by atoms with Gasteiger partial charge in [-0.3, -0.25) is 9.59 Å². The van der Waals surface area contributed by atoms with Gasteiger partial charge in [0, 0.05) is 12.4 Å². The number of azo groups is 1. The average molecular weight is 416 g/mol. The second-order valence-electron chi connectivity index (χ2n) is 7.62. The number of nitrogens with one attached hydrogen (secondary N) is 2. The number of pyridine rings is 2. The first-order valence-corrected chi connectivity index (χ1v) is 10.2. The van der Waals surface area contributed by atoms with Gasteiger partial charge < -0.3 is 9.97 Å². The molecule has 0 unspecified atom stereocenters. The van der Waals surface area contributed by atoms with E-state index >= 15 is 0 Å². The molecule has 2 aliphatic heterocycles. The van der Waals surface area contributed by atoms with Crippen LogP contribution in [0.4, 0.5) is 11.4 Å². The van der Waals surface area contributed by atoms with Gasteiger partial charge in [0.1, 0.15) is 11.4 Å². The third kappa shape index (κ3) is 2.74. The molecule has 2 heterocycles. The summed E-state index contributed by atoms with van der Waals surface area (Å²) in [5.41, 5.74) is 2.48. The number of aromatic nitrogens is 2. The van der Waals surface area contributed by atoms with E-state index in [-0.39, 0.29) is 22.2 Å². The molecule has 0 aromatic heterocycles. The number of H-pyrrole nitrogens is 2. The van der Waals surface area contributed by atoms with Crippen molar-refractivity contribution < 1.29 is 0 Å². The third-order valence-corrected chi connectivity index (χ3v) is 5.77. The molecular formula is C26H16N4O2. The highest BCUT2D eigenvalue weighted by molar-refractivity contribution is 5.97. The lowest BCUT2D eigenvalue weighted by Crippen LogP contribution is -2.08. The summed E-state index contributed by atoms with van der Waals surface area (Å²) in [5.74, 6) is 0. The summed E-state index contributed by atoms with van der Waals surface area (Å²) in [6.45, 7) is 0. The molecule has 6 heteroatoms. The molecular weight excluding hydrogens is 400 g/mol. The Morgan fingerprint density at radius 3 is 1.44 bits per heavy atom. The summed E-state index contributed by atoms with van der Waals surface area (Å²) in [7, 11) is 0. The summed E-state index contributed by atoms with van der Waals surface area (Å²) < 4.78 is 0. The number of hydrogen-bond donors (Lipinski definition) is 2. The van der Waals surface area contributed by atoms with Crippen molar-refractivity contribution in [1.82, 2.24) is 9.97 Å². The van der Waals surface area contributed by atoms with E-state index in [4.69, 9.17) is 0 Å². The predicted molar refractivity (Wildman–Crippen MR) is 127 cm³/mol. The first-order chi connectivity index (χ1) is 15.7. The van der Waals surface area contributed by atoms with Gasteiger partial charge in [-0.25, -0.2) is 0 Å². The number of rotatable bonds is 2. The minimum atomic E-state index is -0.230. The molecule has 2 aromatic carbocycles. The summed E-state index contributed by atoms with van der Waals surface area (Å²) in [6, 6.07) is 22.2. The van der Waals surface area contributed by atoms with E-state index in [1.54, 1.807) is 24.3 Å². The van der Waals surface area contributed by atoms with Gasteiger partial charge in [-0.1, -0.05) is 48.5 Å². The Labute approximate surface area is 181 Å². The van der Waals surface area contributed by atoms with Crippen LogP contribution in [0.3, 0.4) is 0 Å². The van der Waals surface area contributed by atoms with Crippen molar-refractivity contribution in [2.24, 2.45) is 10.2 Å². The Hall–Kier alpha value is -4.58. The van der Waals surface area contributed by atoms with Gasteiger partial charge in [0.05, 0.1) is 22.5 Å². The summed E-state index contributed by atoms with van der Waals surface area (Å²) in [5, 5.41) is 11.9. The second-order valence-corrected chi connectivity index (χ2v) is 7.62. The molecule has 152 valence electrons. The lowest BCUT2D eigenvalue weighted by molar-refractivity contribution is 1.19. The fourth-order valence-electron chi connectivity index (χ4n) is 4.20. The van der Waals surface area contributed by atoms with Gasteiger partial charge in [0.15, 0.2) is 0 Å². The predicted octanol–water partition coefficient (Wildman–Crippen LogP) is 5.99. The van der Waals surface area contributed by atoms with Crippen molar-refractivity contribution in [2.75, 3.05) is 0 Å². The number of nitrogens with zero attached hydrogens (tertiary/aromatic N) is 2. The van der Waals surface area contributed by atoms with Crippen molar-refractivity contribution >= 4 is 32.9 Å². The minimum absolute atomic E-state index is 0.186. The molecule has 0 atom stereocenters. The molecule has 0 amide bonds. The van der Waals surface area contributed by atoms with Gasteiger partial charge in [0.2, 0.25) is 10.9 Å². The molecule has 32 heavy (non-hydrogen) atoms. The SMILES string of the molecule is O=c1c(N=Nc2ccc3[nH]cc4ccccc4c-3c2=O)ccc2[nH]cc3ccccc3c1-2. The zero-order valence-corrected chi connectivity index (χ0v) is 16.8. The van der Waals surface area contributed by atoms with Crippen LogP contribution in [-0.2, 0) is 0 Å². The molecule has 0 spiro atoms. The largest absolute Gasteiger partial charge is 0.360 e. The van der Waals surface area contributed by atoms with E-state index in [9.17, 15) is 9.59 Å². The van der Waals surface area contributed by atoms with Crippen LogP contribution in [0, 0.1) is 0 Å². The summed E-state index contributed by atoms with van der Waals surface area (Å²) in [6.07, 6.45) is 3.75. The van der Waals surface area contributed by atoms with E-state index in [0.717, 1.165) is 32.9 Å². The molecule has 0 fully saturated rings. The first-order valence-electron chi connectivity index (χ1n) is 10.2. The molecule has 6 nitrogen and oxygen atoms in total. The highest BCUT2D eigenvalue weighted by Crippen LogP contribution is 2.30. The van der Waals surface area contributed by atoms with E-state index in [1.165, 1.54) is 0 Å². The van der Waals surface area contributed by atoms with Crippen LogP contribution in [0.25, 0.3) is 44.1 Å². The maximum atomic E-state index is 13.2. The fourth-order valence-corrected chi connectivity index (χ4v) is 4.20. The summed E-state index contributed by atoms with van der Waals surface area (Å²) >= 11 is 0. The smallest absolute Gasteiger partial charge is 0.215 e. The van der Waals surface area contributed by atoms with Crippen LogP contribution in [0.1, 0.15) is 0 Å². The topological polar surface area (TPSA) is 90.4 Å². The van der Waals surface area contributed by atoms with Crippen molar-refractivity contribution in [3.63, 3.8) is 0 Å². The molecule has 2 N–H and O–H groups in total. The van der Waals surface area contributed by atoms with Crippen LogP contribution in [0.5, 0.6) is 0 Å². The van der Waals surface area contributed by atoms with Gasteiger partial charge in [0.25, 0.3) is 0 Å². The maximum Gasteiger partial charge on any atom is 0.215 e.